The van der Waals surface area contributed by atoms with Crippen LogP contribution in [0.3, 0.4) is 0 Å². The predicted octanol–water partition coefficient (Wildman–Crippen LogP) is 5.13. The molecule has 4 rings (SSSR count). The van der Waals surface area contributed by atoms with Crippen LogP contribution in [0.15, 0.2) is 60.8 Å². The van der Waals surface area contributed by atoms with Crippen molar-refractivity contribution in [1.82, 2.24) is 10.3 Å². The normalized spacial score (nSPS) is 16.5. The largest absolute Gasteiger partial charge is 0.416 e. The molecule has 0 radical (unpaired) electrons. The molecule has 2 aromatic carbocycles. The van der Waals surface area contributed by atoms with Gasteiger partial charge >= 0.3 is 6.18 Å². The molecular formula is C25H25F3N4O. The van der Waals surface area contributed by atoms with Crippen molar-refractivity contribution in [3.63, 3.8) is 0 Å². The zero-order chi connectivity index (χ0) is 23.6. The molecule has 8 heteroatoms. The van der Waals surface area contributed by atoms with Crippen LogP contribution in [-0.2, 0) is 6.18 Å². The highest BCUT2D eigenvalue weighted by atomic mass is 19.4. The fourth-order valence-electron chi connectivity index (χ4n) is 3.96. The number of pyridine rings is 1. The Balaban J connectivity index is 1.49. The monoisotopic (exact) mass is 454 g/mol. The van der Waals surface area contributed by atoms with Gasteiger partial charge < -0.3 is 15.5 Å². The van der Waals surface area contributed by atoms with E-state index in [-0.39, 0.29) is 5.91 Å². The van der Waals surface area contributed by atoms with Gasteiger partial charge in [0.05, 0.1) is 11.1 Å². The number of alkyl halides is 3. The van der Waals surface area contributed by atoms with Crippen LogP contribution in [0, 0.1) is 6.92 Å². The van der Waals surface area contributed by atoms with Gasteiger partial charge in [-0.3, -0.25) is 4.79 Å². The summed E-state index contributed by atoms with van der Waals surface area (Å²) >= 11 is 0. The van der Waals surface area contributed by atoms with E-state index >= 15 is 0 Å². The van der Waals surface area contributed by atoms with E-state index in [1.165, 1.54) is 12.1 Å². The van der Waals surface area contributed by atoms with Crippen LogP contribution in [0.25, 0.3) is 11.1 Å². The molecule has 3 aromatic rings. The number of hydrogen-bond acceptors (Lipinski definition) is 4. The Hall–Kier alpha value is -3.39. The lowest BCUT2D eigenvalue weighted by Crippen LogP contribution is -2.49. The lowest BCUT2D eigenvalue weighted by molar-refractivity contribution is -0.137. The summed E-state index contributed by atoms with van der Waals surface area (Å²) in [6, 6.07) is 14.3. The second kappa shape index (κ2) is 9.23. The lowest BCUT2D eigenvalue weighted by Gasteiger charge is -2.32. The molecule has 0 aliphatic carbocycles. The predicted molar refractivity (Wildman–Crippen MR) is 123 cm³/mol. The summed E-state index contributed by atoms with van der Waals surface area (Å²) in [5.41, 5.74) is 2.50. The van der Waals surface area contributed by atoms with Gasteiger partial charge in [0, 0.05) is 37.6 Å². The number of aromatic nitrogens is 1. The van der Waals surface area contributed by atoms with Crippen molar-refractivity contribution in [1.29, 1.82) is 0 Å². The maximum Gasteiger partial charge on any atom is 0.416 e. The number of rotatable bonds is 4. The van der Waals surface area contributed by atoms with Crippen LogP contribution in [0.2, 0.25) is 0 Å². The van der Waals surface area contributed by atoms with Crippen LogP contribution in [0.1, 0.15) is 28.4 Å². The first kappa shape index (κ1) is 22.8. The molecule has 0 spiro atoms. The number of carbonyl (C=O) groups is 1. The van der Waals surface area contributed by atoms with Crippen LogP contribution >= 0.6 is 0 Å². The van der Waals surface area contributed by atoms with Crippen molar-refractivity contribution < 1.29 is 18.0 Å². The van der Waals surface area contributed by atoms with E-state index < -0.39 is 11.7 Å². The fraction of sp³-hybridized carbons (Fsp3) is 0.280. The highest BCUT2D eigenvalue weighted by Gasteiger charge is 2.30. The smallest absolute Gasteiger partial charge is 0.354 e. The Kier molecular flexibility index (Phi) is 6.37. The molecule has 1 unspecified atom stereocenters. The van der Waals surface area contributed by atoms with Gasteiger partial charge in [-0.15, -0.1) is 0 Å². The number of halogens is 3. The van der Waals surface area contributed by atoms with E-state index in [2.05, 4.69) is 27.4 Å². The van der Waals surface area contributed by atoms with E-state index in [1.807, 2.05) is 19.1 Å². The topological polar surface area (TPSA) is 57.3 Å². The van der Waals surface area contributed by atoms with Gasteiger partial charge in [-0.2, -0.15) is 13.2 Å². The van der Waals surface area contributed by atoms with Crippen LogP contribution in [-0.4, -0.2) is 36.6 Å². The molecule has 1 amide bonds. The van der Waals surface area contributed by atoms with Crippen LogP contribution in [0.5, 0.6) is 0 Å². The first-order valence-electron chi connectivity index (χ1n) is 10.8. The van der Waals surface area contributed by atoms with Gasteiger partial charge in [0.1, 0.15) is 5.82 Å². The number of piperazine rings is 1. The van der Waals surface area contributed by atoms with E-state index in [9.17, 15) is 18.0 Å². The SMILES string of the molecule is Cc1c(NC(=O)c2ccc(N3CCNC(C)C3)nc2)cccc1-c1ccc(C(F)(F)F)cc1. The number of anilines is 2. The zero-order valence-electron chi connectivity index (χ0n) is 18.4. The third-order valence-corrected chi connectivity index (χ3v) is 5.81. The molecule has 1 atom stereocenters. The maximum atomic E-state index is 12.9. The number of amides is 1. The van der Waals surface area contributed by atoms with Crippen molar-refractivity contribution in [2.45, 2.75) is 26.1 Å². The summed E-state index contributed by atoms with van der Waals surface area (Å²) in [4.78, 5) is 19.5. The summed E-state index contributed by atoms with van der Waals surface area (Å²) < 4.78 is 38.6. The highest BCUT2D eigenvalue weighted by Crippen LogP contribution is 2.33. The Labute approximate surface area is 190 Å². The summed E-state index contributed by atoms with van der Waals surface area (Å²) in [5.74, 6) is 0.538. The Morgan fingerprint density at radius 3 is 2.52 bits per heavy atom. The minimum Gasteiger partial charge on any atom is -0.354 e. The average Bonchev–Trinajstić information content (AvgIpc) is 2.80. The molecule has 5 nitrogen and oxygen atoms in total. The third-order valence-electron chi connectivity index (χ3n) is 5.81. The maximum absolute atomic E-state index is 12.9. The number of nitrogens with one attached hydrogen (secondary N) is 2. The van der Waals surface area contributed by atoms with Gasteiger partial charge in [0.2, 0.25) is 0 Å². The molecular weight excluding hydrogens is 429 g/mol. The molecule has 1 aromatic heterocycles. The summed E-state index contributed by atoms with van der Waals surface area (Å²) in [7, 11) is 0. The van der Waals surface area contributed by atoms with Crippen molar-refractivity contribution in [3.05, 3.63) is 77.5 Å². The van der Waals surface area contributed by atoms with Crippen molar-refractivity contribution in [2.75, 3.05) is 29.9 Å². The molecule has 2 heterocycles. The molecule has 1 aliphatic heterocycles. The van der Waals surface area contributed by atoms with Crippen LogP contribution in [0.4, 0.5) is 24.7 Å². The van der Waals surface area contributed by atoms with Crippen LogP contribution < -0.4 is 15.5 Å². The van der Waals surface area contributed by atoms with Crippen molar-refractivity contribution in [2.24, 2.45) is 0 Å². The zero-order valence-corrected chi connectivity index (χ0v) is 18.4. The van der Waals surface area contributed by atoms with Gasteiger partial charge in [-0.05, 0) is 60.9 Å². The second-order valence-corrected chi connectivity index (χ2v) is 8.21. The minimum atomic E-state index is -4.38. The molecule has 1 saturated heterocycles. The molecule has 1 aliphatic rings. The molecule has 172 valence electrons. The van der Waals surface area contributed by atoms with Crippen molar-refractivity contribution >= 4 is 17.4 Å². The third kappa shape index (κ3) is 5.17. The second-order valence-electron chi connectivity index (χ2n) is 8.21. The van der Waals surface area contributed by atoms with E-state index in [0.717, 1.165) is 48.7 Å². The lowest BCUT2D eigenvalue weighted by atomic mass is 9.98. The summed E-state index contributed by atoms with van der Waals surface area (Å²) in [5, 5.41) is 6.28. The molecule has 2 N–H and O–H groups in total. The fourth-order valence-corrected chi connectivity index (χ4v) is 3.96. The van der Waals surface area contributed by atoms with Gasteiger partial charge in [-0.1, -0.05) is 24.3 Å². The summed E-state index contributed by atoms with van der Waals surface area (Å²) in [6.07, 6.45) is -2.82. The Morgan fingerprint density at radius 1 is 1.12 bits per heavy atom. The highest BCUT2D eigenvalue weighted by molar-refractivity contribution is 6.05. The average molecular weight is 454 g/mol. The van der Waals surface area contributed by atoms with Gasteiger partial charge in [0.15, 0.2) is 0 Å². The molecule has 1 fully saturated rings. The molecule has 0 bridgehead atoms. The minimum absolute atomic E-state index is 0.296. The molecule has 33 heavy (non-hydrogen) atoms. The first-order chi connectivity index (χ1) is 15.7. The standard InChI is InChI=1S/C25H25F3N4O/c1-16-15-32(13-12-29-16)23-11-8-19(14-30-23)24(33)31-22-5-3-4-21(17(22)2)18-6-9-20(10-7-18)25(26,27)28/h3-11,14,16,29H,12-13,15H2,1-2H3,(H,31,33). The number of hydrogen-bond donors (Lipinski definition) is 2. The first-order valence-corrected chi connectivity index (χ1v) is 10.8. The quantitative estimate of drug-likeness (QED) is 0.574. The van der Waals surface area contributed by atoms with E-state index in [4.69, 9.17) is 0 Å². The Bertz CT molecular complexity index is 1130. The van der Waals surface area contributed by atoms with E-state index in [1.54, 1.807) is 24.4 Å². The number of nitrogens with zero attached hydrogens (tertiary/aromatic N) is 2. The van der Waals surface area contributed by atoms with Gasteiger partial charge in [-0.25, -0.2) is 4.98 Å². The Morgan fingerprint density at radius 2 is 1.88 bits per heavy atom. The van der Waals surface area contributed by atoms with Gasteiger partial charge in [0.25, 0.3) is 5.91 Å². The number of benzene rings is 2. The molecule has 0 saturated carbocycles. The number of carbonyl (C=O) groups excluding carboxylic acids is 1. The van der Waals surface area contributed by atoms with E-state index in [0.29, 0.717) is 22.9 Å². The summed E-state index contributed by atoms with van der Waals surface area (Å²) in [6.45, 7) is 6.55. The van der Waals surface area contributed by atoms with Crippen molar-refractivity contribution in [3.8, 4) is 11.1 Å².